The van der Waals surface area contributed by atoms with E-state index in [1.54, 1.807) is 0 Å². The van der Waals surface area contributed by atoms with Crippen LogP contribution in [0, 0.1) is 13.8 Å². The highest BCUT2D eigenvalue weighted by Crippen LogP contribution is 2.26. The van der Waals surface area contributed by atoms with Gasteiger partial charge in [0.2, 0.25) is 0 Å². The molecule has 4 nitrogen and oxygen atoms in total. The summed E-state index contributed by atoms with van der Waals surface area (Å²) in [5.74, 6) is 1.02. The first-order chi connectivity index (χ1) is 9.69. The van der Waals surface area contributed by atoms with Crippen LogP contribution in [0.2, 0.25) is 0 Å². The second-order valence-electron chi connectivity index (χ2n) is 5.22. The third-order valence-corrected chi connectivity index (χ3v) is 3.92. The molecule has 0 fully saturated rings. The Morgan fingerprint density at radius 1 is 1.40 bits per heavy atom. The molecule has 1 aromatic carbocycles. The van der Waals surface area contributed by atoms with E-state index in [1.807, 2.05) is 18.5 Å². The molecule has 0 radical (unpaired) electrons. The molecule has 2 aromatic rings. The van der Waals surface area contributed by atoms with Crippen LogP contribution >= 0.6 is 0 Å². The lowest BCUT2D eigenvalue weighted by molar-refractivity contribution is 0.112. The maximum Gasteiger partial charge on any atom is 0.153 e. The fourth-order valence-electron chi connectivity index (χ4n) is 2.73. The van der Waals surface area contributed by atoms with Gasteiger partial charge >= 0.3 is 0 Å². The zero-order valence-corrected chi connectivity index (χ0v) is 11.8. The molecule has 1 aromatic heterocycles. The summed E-state index contributed by atoms with van der Waals surface area (Å²) in [5, 5.41) is 4.43. The summed E-state index contributed by atoms with van der Waals surface area (Å²) in [6.45, 7) is 5.40. The molecule has 2 heterocycles. The summed E-state index contributed by atoms with van der Waals surface area (Å²) >= 11 is 0. The summed E-state index contributed by atoms with van der Waals surface area (Å²) in [7, 11) is 0. The minimum absolute atomic E-state index is 0.715. The Kier molecular flexibility index (Phi) is 3.30. The Labute approximate surface area is 118 Å². The number of fused-ring (bicyclic) bond motifs is 1. The molecule has 0 saturated carbocycles. The van der Waals surface area contributed by atoms with Crippen LogP contribution in [0.1, 0.15) is 32.9 Å². The molecule has 0 bridgehead atoms. The quantitative estimate of drug-likeness (QED) is 0.802. The van der Waals surface area contributed by atoms with Crippen molar-refractivity contribution in [3.8, 4) is 5.75 Å². The molecule has 4 heteroatoms. The van der Waals surface area contributed by atoms with Gasteiger partial charge in [-0.05, 0) is 37.5 Å². The van der Waals surface area contributed by atoms with Crippen LogP contribution in [0.5, 0.6) is 5.75 Å². The van der Waals surface area contributed by atoms with E-state index < -0.39 is 0 Å². The van der Waals surface area contributed by atoms with Gasteiger partial charge in [0.05, 0.1) is 17.9 Å². The molecule has 0 aliphatic carbocycles. The molecule has 1 aliphatic heterocycles. The van der Waals surface area contributed by atoms with Gasteiger partial charge in [-0.25, -0.2) is 0 Å². The van der Waals surface area contributed by atoms with Crippen molar-refractivity contribution in [2.75, 3.05) is 6.61 Å². The zero-order valence-electron chi connectivity index (χ0n) is 11.8. The monoisotopic (exact) mass is 270 g/mol. The van der Waals surface area contributed by atoms with Crippen LogP contribution in [0.3, 0.4) is 0 Å². The smallest absolute Gasteiger partial charge is 0.153 e. The Balaban J connectivity index is 1.75. The highest BCUT2D eigenvalue weighted by Gasteiger charge is 2.13. The third-order valence-electron chi connectivity index (χ3n) is 3.92. The maximum atomic E-state index is 11.0. The predicted octanol–water partition coefficient (Wildman–Crippen LogP) is 2.49. The van der Waals surface area contributed by atoms with Gasteiger partial charge in [-0.1, -0.05) is 12.1 Å². The third kappa shape index (κ3) is 2.22. The van der Waals surface area contributed by atoms with Crippen molar-refractivity contribution in [2.45, 2.75) is 33.2 Å². The second-order valence-corrected chi connectivity index (χ2v) is 5.22. The largest absolute Gasteiger partial charge is 0.493 e. The number of rotatable bonds is 4. The minimum atomic E-state index is 0.715. The summed E-state index contributed by atoms with van der Waals surface area (Å²) in [4.78, 5) is 11.0. The van der Waals surface area contributed by atoms with Crippen LogP contribution in [0.4, 0.5) is 0 Å². The SMILES string of the molecule is Cc1nn(CCc2ccc3c(c2)CCO3)c(C)c1C=O. The number of benzene rings is 1. The van der Waals surface area contributed by atoms with E-state index in [0.717, 1.165) is 49.4 Å². The van der Waals surface area contributed by atoms with Crippen LogP contribution in [-0.2, 0) is 19.4 Å². The number of aryl methyl sites for hydroxylation is 3. The summed E-state index contributed by atoms with van der Waals surface area (Å²) < 4.78 is 7.43. The second kappa shape index (κ2) is 5.12. The lowest BCUT2D eigenvalue weighted by Crippen LogP contribution is -2.05. The van der Waals surface area contributed by atoms with Crippen molar-refractivity contribution in [3.63, 3.8) is 0 Å². The number of hydrogen-bond donors (Lipinski definition) is 0. The van der Waals surface area contributed by atoms with E-state index in [1.165, 1.54) is 11.1 Å². The molecule has 3 rings (SSSR count). The number of hydrogen-bond acceptors (Lipinski definition) is 3. The summed E-state index contributed by atoms with van der Waals surface area (Å²) in [6.07, 6.45) is 2.80. The Bertz CT molecular complexity index is 659. The molecule has 0 saturated heterocycles. The summed E-state index contributed by atoms with van der Waals surface area (Å²) in [5.41, 5.74) is 5.05. The standard InChI is InChI=1S/C16H18N2O2/c1-11-15(10-19)12(2)18(17-11)7-5-13-3-4-16-14(9-13)6-8-20-16/h3-4,9-10H,5-8H2,1-2H3. The molecule has 104 valence electrons. The molecule has 0 N–H and O–H groups in total. The number of carbonyl (C=O) groups excluding carboxylic acids is 1. The fourth-order valence-corrected chi connectivity index (χ4v) is 2.73. The molecule has 20 heavy (non-hydrogen) atoms. The van der Waals surface area contributed by atoms with Gasteiger partial charge in [0, 0.05) is 18.7 Å². The first-order valence-electron chi connectivity index (χ1n) is 6.93. The zero-order chi connectivity index (χ0) is 14.1. The van der Waals surface area contributed by atoms with Crippen LogP contribution in [0.25, 0.3) is 0 Å². The molecule has 0 atom stereocenters. The van der Waals surface area contributed by atoms with Crippen LogP contribution in [0.15, 0.2) is 18.2 Å². The molecule has 0 spiro atoms. The lowest BCUT2D eigenvalue weighted by Gasteiger charge is -2.06. The average molecular weight is 270 g/mol. The van der Waals surface area contributed by atoms with E-state index in [9.17, 15) is 4.79 Å². The van der Waals surface area contributed by atoms with E-state index >= 15 is 0 Å². The van der Waals surface area contributed by atoms with E-state index in [-0.39, 0.29) is 0 Å². The number of carbonyl (C=O) groups is 1. The topological polar surface area (TPSA) is 44.1 Å². The maximum absolute atomic E-state index is 11.0. The van der Waals surface area contributed by atoms with Gasteiger partial charge in [-0.2, -0.15) is 5.10 Å². The molecule has 0 unspecified atom stereocenters. The molecule has 1 aliphatic rings. The number of aldehydes is 1. The number of aromatic nitrogens is 2. The van der Waals surface area contributed by atoms with Gasteiger partial charge in [-0.15, -0.1) is 0 Å². The lowest BCUT2D eigenvalue weighted by atomic mass is 10.1. The van der Waals surface area contributed by atoms with Gasteiger partial charge in [0.1, 0.15) is 5.75 Å². The van der Waals surface area contributed by atoms with Crippen LogP contribution in [-0.4, -0.2) is 22.7 Å². The van der Waals surface area contributed by atoms with Crippen molar-refractivity contribution in [2.24, 2.45) is 0 Å². The van der Waals surface area contributed by atoms with Crippen molar-refractivity contribution in [1.82, 2.24) is 9.78 Å². The Morgan fingerprint density at radius 3 is 3.00 bits per heavy atom. The van der Waals surface area contributed by atoms with Gasteiger partial charge in [-0.3, -0.25) is 9.48 Å². The normalized spacial score (nSPS) is 13.1. The Hall–Kier alpha value is -2.10. The highest BCUT2D eigenvalue weighted by molar-refractivity contribution is 5.78. The summed E-state index contributed by atoms with van der Waals surface area (Å²) in [6, 6.07) is 6.38. The first-order valence-corrected chi connectivity index (χ1v) is 6.93. The van der Waals surface area contributed by atoms with Gasteiger partial charge < -0.3 is 4.74 Å². The van der Waals surface area contributed by atoms with Crippen molar-refractivity contribution < 1.29 is 9.53 Å². The fraction of sp³-hybridized carbons (Fsp3) is 0.375. The predicted molar refractivity (Wildman–Crippen MR) is 76.4 cm³/mol. The van der Waals surface area contributed by atoms with Gasteiger partial charge in [0.15, 0.2) is 6.29 Å². The van der Waals surface area contributed by atoms with Crippen molar-refractivity contribution in [1.29, 1.82) is 0 Å². The van der Waals surface area contributed by atoms with Crippen molar-refractivity contribution >= 4 is 6.29 Å². The molecular formula is C16H18N2O2. The number of ether oxygens (including phenoxy) is 1. The van der Waals surface area contributed by atoms with E-state index in [2.05, 4.69) is 23.3 Å². The molecule has 0 amide bonds. The minimum Gasteiger partial charge on any atom is -0.493 e. The Morgan fingerprint density at radius 2 is 2.25 bits per heavy atom. The van der Waals surface area contributed by atoms with E-state index in [4.69, 9.17) is 4.74 Å². The van der Waals surface area contributed by atoms with Crippen molar-refractivity contribution in [3.05, 3.63) is 46.3 Å². The number of nitrogens with zero attached hydrogens (tertiary/aromatic N) is 2. The highest BCUT2D eigenvalue weighted by atomic mass is 16.5. The molecular weight excluding hydrogens is 252 g/mol. The van der Waals surface area contributed by atoms with E-state index in [0.29, 0.717) is 5.56 Å². The average Bonchev–Trinajstić information content (AvgIpc) is 3.00. The first kappa shape index (κ1) is 12.9. The van der Waals surface area contributed by atoms with Crippen LogP contribution < -0.4 is 4.74 Å². The van der Waals surface area contributed by atoms with Gasteiger partial charge in [0.25, 0.3) is 0 Å².